The highest BCUT2D eigenvalue weighted by Gasteiger charge is 2.29. The molecule has 5 heteroatoms. The summed E-state index contributed by atoms with van der Waals surface area (Å²) < 4.78 is 6.63. The molecule has 0 saturated carbocycles. The van der Waals surface area contributed by atoms with Crippen LogP contribution >= 0.6 is 15.9 Å². The molecule has 20 heavy (non-hydrogen) atoms. The van der Waals surface area contributed by atoms with Crippen molar-refractivity contribution in [2.75, 3.05) is 26.7 Å². The second-order valence-electron chi connectivity index (χ2n) is 5.19. The third-order valence-corrected chi connectivity index (χ3v) is 4.23. The summed E-state index contributed by atoms with van der Waals surface area (Å²) in [6.07, 6.45) is 0.607. The van der Waals surface area contributed by atoms with E-state index in [4.69, 9.17) is 4.74 Å². The minimum absolute atomic E-state index is 0.0688. The van der Waals surface area contributed by atoms with Gasteiger partial charge in [-0.3, -0.25) is 4.79 Å². The molecule has 2 rings (SSSR count). The minimum atomic E-state index is -0.456. The zero-order chi connectivity index (χ0) is 14.5. The monoisotopic (exact) mass is 340 g/mol. The van der Waals surface area contributed by atoms with Gasteiger partial charge in [0.1, 0.15) is 5.75 Å². The van der Waals surface area contributed by atoms with Crippen molar-refractivity contribution < 1.29 is 9.53 Å². The molecule has 1 aromatic carbocycles. The average Bonchev–Trinajstić information content (AvgIpc) is 2.89. The number of hydrogen-bond acceptors (Lipinski definition) is 3. The van der Waals surface area contributed by atoms with Gasteiger partial charge in [-0.05, 0) is 60.9 Å². The van der Waals surface area contributed by atoms with Crippen molar-refractivity contribution >= 4 is 21.8 Å². The highest BCUT2D eigenvalue weighted by atomic mass is 79.9. The highest BCUT2D eigenvalue weighted by Crippen LogP contribution is 2.25. The largest absolute Gasteiger partial charge is 0.480 e. The first kappa shape index (κ1) is 15.3. The molecule has 0 unspecified atom stereocenters. The first-order valence-corrected chi connectivity index (χ1v) is 7.75. The Labute approximate surface area is 128 Å². The maximum atomic E-state index is 12.4. The summed E-state index contributed by atoms with van der Waals surface area (Å²) in [5, 5.41) is 3.17. The van der Waals surface area contributed by atoms with Crippen LogP contribution < -0.4 is 10.1 Å². The summed E-state index contributed by atoms with van der Waals surface area (Å²) in [5.74, 6) is 1.33. The molecule has 1 N–H and O–H groups in total. The molecule has 2 atom stereocenters. The Hall–Kier alpha value is -1.07. The lowest BCUT2D eigenvalue weighted by atomic mass is 10.1. The van der Waals surface area contributed by atoms with Gasteiger partial charge in [-0.25, -0.2) is 0 Å². The summed E-state index contributed by atoms with van der Waals surface area (Å²) in [4.78, 5) is 14.3. The van der Waals surface area contributed by atoms with Crippen molar-refractivity contribution in [2.24, 2.45) is 5.92 Å². The van der Waals surface area contributed by atoms with Gasteiger partial charge in [-0.15, -0.1) is 0 Å². The third-order valence-electron chi connectivity index (χ3n) is 3.58. The lowest BCUT2D eigenvalue weighted by Crippen LogP contribution is -2.39. The zero-order valence-corrected chi connectivity index (χ0v) is 13.5. The Morgan fingerprint density at radius 1 is 1.55 bits per heavy atom. The lowest BCUT2D eigenvalue weighted by molar-refractivity contribution is -0.137. The minimum Gasteiger partial charge on any atom is -0.480 e. The first-order chi connectivity index (χ1) is 9.61. The molecule has 0 bridgehead atoms. The van der Waals surface area contributed by atoms with E-state index in [-0.39, 0.29) is 5.91 Å². The van der Waals surface area contributed by atoms with E-state index in [2.05, 4.69) is 21.2 Å². The van der Waals surface area contributed by atoms with Crippen molar-refractivity contribution in [3.8, 4) is 5.75 Å². The van der Waals surface area contributed by atoms with Gasteiger partial charge in [0.15, 0.2) is 6.10 Å². The van der Waals surface area contributed by atoms with Crippen LogP contribution in [0.4, 0.5) is 0 Å². The van der Waals surface area contributed by atoms with E-state index in [0.717, 1.165) is 30.5 Å². The van der Waals surface area contributed by atoms with Crippen LogP contribution in [-0.4, -0.2) is 43.6 Å². The van der Waals surface area contributed by atoms with Crippen molar-refractivity contribution in [1.82, 2.24) is 10.2 Å². The first-order valence-electron chi connectivity index (χ1n) is 6.96. The molecular weight excluding hydrogens is 320 g/mol. The average molecular weight is 341 g/mol. The Bertz CT molecular complexity index is 467. The molecule has 1 heterocycles. The SMILES string of the molecule is CNC[C@@H]1CCN(C(=O)[C@H](C)Oc2ccccc2Br)C1. The van der Waals surface area contributed by atoms with Crippen LogP contribution in [0, 0.1) is 5.92 Å². The number of carbonyl (C=O) groups is 1. The quantitative estimate of drug-likeness (QED) is 0.894. The molecule has 4 nitrogen and oxygen atoms in total. The van der Waals surface area contributed by atoms with Gasteiger partial charge in [-0.1, -0.05) is 12.1 Å². The number of ether oxygens (including phenoxy) is 1. The molecule has 1 amide bonds. The number of carbonyl (C=O) groups excluding carboxylic acids is 1. The molecule has 110 valence electrons. The number of halogens is 1. The van der Waals surface area contributed by atoms with Crippen molar-refractivity contribution in [3.63, 3.8) is 0 Å². The topological polar surface area (TPSA) is 41.6 Å². The standard InChI is InChI=1S/C15H21BrN2O2/c1-11(20-14-6-4-3-5-13(14)16)15(19)18-8-7-12(10-18)9-17-2/h3-6,11-12,17H,7-10H2,1-2H3/t11-,12-/m0/s1. The molecular formula is C15H21BrN2O2. The van der Waals surface area contributed by atoms with E-state index < -0.39 is 6.10 Å². The van der Waals surface area contributed by atoms with Gasteiger partial charge >= 0.3 is 0 Å². The number of benzene rings is 1. The van der Waals surface area contributed by atoms with Gasteiger partial charge < -0.3 is 15.0 Å². The predicted molar refractivity (Wildman–Crippen MR) is 82.8 cm³/mol. The smallest absolute Gasteiger partial charge is 0.263 e. The predicted octanol–water partition coefficient (Wildman–Crippen LogP) is 2.28. The van der Waals surface area contributed by atoms with E-state index in [1.54, 1.807) is 0 Å². The molecule has 0 aromatic heterocycles. The summed E-state index contributed by atoms with van der Waals surface area (Å²) >= 11 is 3.43. The molecule has 0 aliphatic carbocycles. The molecule has 1 saturated heterocycles. The van der Waals surface area contributed by atoms with Gasteiger partial charge in [0.2, 0.25) is 0 Å². The number of nitrogens with zero attached hydrogens (tertiary/aromatic N) is 1. The Kier molecular flexibility index (Phi) is 5.43. The van der Waals surface area contributed by atoms with E-state index in [0.29, 0.717) is 11.7 Å². The molecule has 0 radical (unpaired) electrons. The van der Waals surface area contributed by atoms with Crippen LogP contribution in [0.15, 0.2) is 28.7 Å². The van der Waals surface area contributed by atoms with E-state index in [1.165, 1.54) is 0 Å². The Morgan fingerprint density at radius 3 is 3.00 bits per heavy atom. The van der Waals surface area contributed by atoms with Gasteiger partial charge in [0.25, 0.3) is 5.91 Å². The fourth-order valence-electron chi connectivity index (χ4n) is 2.53. The fourth-order valence-corrected chi connectivity index (χ4v) is 2.90. The fraction of sp³-hybridized carbons (Fsp3) is 0.533. The van der Waals surface area contributed by atoms with E-state index in [9.17, 15) is 4.79 Å². The Balaban J connectivity index is 1.91. The maximum absolute atomic E-state index is 12.4. The number of rotatable bonds is 5. The normalized spacial score (nSPS) is 19.9. The second kappa shape index (κ2) is 7.09. The summed E-state index contributed by atoms with van der Waals surface area (Å²) in [5.41, 5.74) is 0. The number of hydrogen-bond donors (Lipinski definition) is 1. The molecule has 1 fully saturated rings. The van der Waals surface area contributed by atoms with Gasteiger partial charge in [0.05, 0.1) is 4.47 Å². The number of nitrogens with one attached hydrogen (secondary N) is 1. The van der Waals surface area contributed by atoms with Crippen LogP contribution in [0.1, 0.15) is 13.3 Å². The van der Waals surface area contributed by atoms with Crippen LogP contribution in [0.25, 0.3) is 0 Å². The van der Waals surface area contributed by atoms with Crippen LogP contribution in [-0.2, 0) is 4.79 Å². The maximum Gasteiger partial charge on any atom is 0.263 e. The number of para-hydroxylation sites is 1. The molecule has 1 aliphatic rings. The summed E-state index contributed by atoms with van der Waals surface area (Å²) in [6.45, 7) is 4.43. The lowest BCUT2D eigenvalue weighted by Gasteiger charge is -2.22. The van der Waals surface area contributed by atoms with E-state index >= 15 is 0 Å². The van der Waals surface area contributed by atoms with Crippen molar-refractivity contribution in [3.05, 3.63) is 28.7 Å². The van der Waals surface area contributed by atoms with Gasteiger partial charge in [0, 0.05) is 13.1 Å². The third kappa shape index (κ3) is 3.73. The van der Waals surface area contributed by atoms with Crippen molar-refractivity contribution in [1.29, 1.82) is 0 Å². The van der Waals surface area contributed by atoms with Gasteiger partial charge in [-0.2, -0.15) is 0 Å². The number of amides is 1. The van der Waals surface area contributed by atoms with Crippen LogP contribution in [0.3, 0.4) is 0 Å². The van der Waals surface area contributed by atoms with Crippen LogP contribution in [0.5, 0.6) is 5.75 Å². The zero-order valence-electron chi connectivity index (χ0n) is 11.9. The van der Waals surface area contributed by atoms with Crippen molar-refractivity contribution in [2.45, 2.75) is 19.4 Å². The number of likely N-dealkylation sites (tertiary alicyclic amines) is 1. The second-order valence-corrected chi connectivity index (χ2v) is 6.04. The Morgan fingerprint density at radius 2 is 2.30 bits per heavy atom. The summed E-state index contributed by atoms with van der Waals surface area (Å²) in [6, 6.07) is 7.59. The molecule has 1 aromatic rings. The van der Waals surface area contributed by atoms with E-state index in [1.807, 2.05) is 43.1 Å². The molecule has 1 aliphatic heterocycles. The summed E-state index contributed by atoms with van der Waals surface area (Å²) in [7, 11) is 1.95. The molecule has 0 spiro atoms. The highest BCUT2D eigenvalue weighted by molar-refractivity contribution is 9.10. The van der Waals surface area contributed by atoms with Crippen LogP contribution in [0.2, 0.25) is 0 Å².